The third-order valence-electron chi connectivity index (χ3n) is 2.69. The molecule has 1 aromatic heterocycles. The number of piperidine rings is 1. The van der Waals surface area contributed by atoms with Crippen molar-refractivity contribution < 1.29 is 14.0 Å². The predicted molar refractivity (Wildman–Crippen MR) is 51.2 cm³/mol. The molecule has 80 valence electrons. The lowest BCUT2D eigenvalue weighted by molar-refractivity contribution is -0.119. The SMILES string of the molecule is O=CN1CCC(C(=O)c2ncco2)CC1. The topological polar surface area (TPSA) is 63.4 Å². The van der Waals surface area contributed by atoms with Gasteiger partial charge in [-0.1, -0.05) is 0 Å². The zero-order valence-electron chi connectivity index (χ0n) is 8.26. The maximum absolute atomic E-state index is 11.8. The fourth-order valence-corrected chi connectivity index (χ4v) is 1.79. The molecule has 1 saturated heterocycles. The Bertz CT molecular complexity index is 340. The smallest absolute Gasteiger partial charge is 0.263 e. The highest BCUT2D eigenvalue weighted by Gasteiger charge is 2.27. The normalized spacial score (nSPS) is 17.7. The number of likely N-dealkylation sites (tertiary alicyclic amines) is 1. The molecule has 0 saturated carbocycles. The van der Waals surface area contributed by atoms with Crippen LogP contribution in [0.2, 0.25) is 0 Å². The van der Waals surface area contributed by atoms with Crippen LogP contribution >= 0.6 is 0 Å². The summed E-state index contributed by atoms with van der Waals surface area (Å²) in [6.45, 7) is 1.28. The van der Waals surface area contributed by atoms with Crippen LogP contribution < -0.4 is 0 Å². The molecule has 2 rings (SSSR count). The van der Waals surface area contributed by atoms with Gasteiger partial charge in [0.2, 0.25) is 12.2 Å². The van der Waals surface area contributed by atoms with E-state index < -0.39 is 0 Å². The van der Waals surface area contributed by atoms with E-state index in [0.717, 1.165) is 6.41 Å². The fraction of sp³-hybridized carbons (Fsp3) is 0.500. The highest BCUT2D eigenvalue weighted by Crippen LogP contribution is 2.20. The van der Waals surface area contributed by atoms with Crippen molar-refractivity contribution >= 4 is 12.2 Å². The Morgan fingerprint density at radius 1 is 1.53 bits per heavy atom. The molecule has 1 aliphatic heterocycles. The summed E-state index contributed by atoms with van der Waals surface area (Å²) in [4.78, 5) is 27.8. The molecule has 2 heterocycles. The molecule has 5 heteroatoms. The molecule has 5 nitrogen and oxygen atoms in total. The number of ketones is 1. The van der Waals surface area contributed by atoms with Crippen LogP contribution in [-0.2, 0) is 4.79 Å². The third-order valence-corrected chi connectivity index (χ3v) is 2.69. The van der Waals surface area contributed by atoms with E-state index in [1.807, 2.05) is 0 Å². The van der Waals surface area contributed by atoms with Crippen LogP contribution in [0, 0.1) is 5.92 Å². The van der Waals surface area contributed by atoms with Gasteiger partial charge in [0.15, 0.2) is 0 Å². The van der Waals surface area contributed by atoms with Crippen LogP contribution in [0.3, 0.4) is 0 Å². The zero-order valence-corrected chi connectivity index (χ0v) is 8.26. The van der Waals surface area contributed by atoms with Gasteiger partial charge in [-0.25, -0.2) is 4.98 Å². The minimum absolute atomic E-state index is 0.0504. The molecule has 1 aliphatic rings. The van der Waals surface area contributed by atoms with E-state index in [1.54, 1.807) is 4.90 Å². The second-order valence-corrected chi connectivity index (χ2v) is 3.62. The Labute approximate surface area is 87.1 Å². The molecule has 0 aromatic carbocycles. The van der Waals surface area contributed by atoms with E-state index in [9.17, 15) is 9.59 Å². The minimum atomic E-state index is -0.0557. The Morgan fingerprint density at radius 3 is 2.80 bits per heavy atom. The van der Waals surface area contributed by atoms with E-state index in [1.165, 1.54) is 12.5 Å². The van der Waals surface area contributed by atoms with Gasteiger partial charge in [-0.15, -0.1) is 0 Å². The van der Waals surface area contributed by atoms with Gasteiger partial charge in [-0.05, 0) is 12.8 Å². The number of aromatic nitrogens is 1. The van der Waals surface area contributed by atoms with Crippen molar-refractivity contribution in [3.05, 3.63) is 18.4 Å². The second kappa shape index (κ2) is 4.25. The van der Waals surface area contributed by atoms with Crippen LogP contribution in [0.25, 0.3) is 0 Å². The van der Waals surface area contributed by atoms with E-state index >= 15 is 0 Å². The first kappa shape index (κ1) is 9.89. The average Bonchev–Trinajstić information content (AvgIpc) is 2.82. The van der Waals surface area contributed by atoms with Gasteiger partial charge in [-0.3, -0.25) is 9.59 Å². The van der Waals surface area contributed by atoms with Gasteiger partial charge < -0.3 is 9.32 Å². The maximum Gasteiger partial charge on any atom is 0.263 e. The third kappa shape index (κ3) is 2.06. The Morgan fingerprint density at radius 2 is 2.27 bits per heavy atom. The summed E-state index contributed by atoms with van der Waals surface area (Å²) in [5.41, 5.74) is 0. The lowest BCUT2D eigenvalue weighted by atomic mass is 9.93. The molecular weight excluding hydrogens is 196 g/mol. The van der Waals surface area contributed by atoms with Gasteiger partial charge in [0.1, 0.15) is 6.26 Å². The minimum Gasteiger partial charge on any atom is -0.442 e. The molecule has 0 atom stereocenters. The van der Waals surface area contributed by atoms with Crippen molar-refractivity contribution in [3.63, 3.8) is 0 Å². The molecule has 0 unspecified atom stereocenters. The summed E-state index contributed by atoms with van der Waals surface area (Å²) in [5, 5.41) is 0. The molecule has 0 aliphatic carbocycles. The number of Topliss-reactive ketones (excluding diaryl/α,β-unsaturated/α-hetero) is 1. The molecule has 0 N–H and O–H groups in total. The lowest BCUT2D eigenvalue weighted by Crippen LogP contribution is -2.35. The highest BCUT2D eigenvalue weighted by molar-refractivity contribution is 5.93. The average molecular weight is 208 g/mol. The van der Waals surface area contributed by atoms with Crippen molar-refractivity contribution in [3.8, 4) is 0 Å². The summed E-state index contributed by atoms with van der Waals surface area (Å²) in [5.74, 6) is 0.0740. The summed E-state index contributed by atoms with van der Waals surface area (Å²) in [7, 11) is 0. The number of carbonyl (C=O) groups is 2. The number of hydrogen-bond donors (Lipinski definition) is 0. The summed E-state index contributed by atoms with van der Waals surface area (Å²) in [6, 6.07) is 0. The number of carbonyl (C=O) groups excluding carboxylic acids is 2. The first-order chi connectivity index (χ1) is 7.31. The first-order valence-electron chi connectivity index (χ1n) is 4.94. The first-order valence-corrected chi connectivity index (χ1v) is 4.94. The lowest BCUT2D eigenvalue weighted by Gasteiger charge is -2.27. The summed E-state index contributed by atoms with van der Waals surface area (Å²) >= 11 is 0. The molecule has 1 aromatic rings. The quantitative estimate of drug-likeness (QED) is 0.542. The van der Waals surface area contributed by atoms with Crippen LogP contribution in [0.1, 0.15) is 23.5 Å². The fourth-order valence-electron chi connectivity index (χ4n) is 1.79. The molecule has 0 radical (unpaired) electrons. The Balaban J connectivity index is 1.96. The summed E-state index contributed by atoms with van der Waals surface area (Å²) < 4.78 is 4.96. The second-order valence-electron chi connectivity index (χ2n) is 3.62. The van der Waals surface area contributed by atoms with Gasteiger partial charge >= 0.3 is 0 Å². The van der Waals surface area contributed by atoms with Crippen molar-refractivity contribution in [1.29, 1.82) is 0 Å². The van der Waals surface area contributed by atoms with Crippen LogP contribution in [-0.4, -0.2) is 35.2 Å². The molecule has 1 amide bonds. The zero-order chi connectivity index (χ0) is 10.7. The van der Waals surface area contributed by atoms with Crippen LogP contribution in [0.4, 0.5) is 0 Å². The Kier molecular flexibility index (Phi) is 2.80. The molecule has 15 heavy (non-hydrogen) atoms. The van der Waals surface area contributed by atoms with Crippen LogP contribution in [0.15, 0.2) is 16.9 Å². The highest BCUT2D eigenvalue weighted by atomic mass is 16.3. The summed E-state index contributed by atoms with van der Waals surface area (Å²) in [6.07, 6.45) is 5.08. The van der Waals surface area contributed by atoms with E-state index in [4.69, 9.17) is 4.42 Å². The number of oxazole rings is 1. The standard InChI is InChI=1S/C10H12N2O3/c13-7-12-4-1-8(2-5-12)9(14)10-11-3-6-15-10/h3,6-8H,1-2,4-5H2. The van der Waals surface area contributed by atoms with E-state index in [-0.39, 0.29) is 17.6 Å². The predicted octanol–water partition coefficient (Wildman–Crippen LogP) is 0.726. The maximum atomic E-state index is 11.8. The molecule has 0 bridgehead atoms. The van der Waals surface area contributed by atoms with Crippen molar-refractivity contribution in [2.24, 2.45) is 5.92 Å². The number of rotatable bonds is 3. The number of nitrogens with zero attached hydrogens (tertiary/aromatic N) is 2. The van der Waals surface area contributed by atoms with Crippen molar-refractivity contribution in [1.82, 2.24) is 9.88 Å². The van der Waals surface area contributed by atoms with E-state index in [2.05, 4.69) is 4.98 Å². The van der Waals surface area contributed by atoms with Crippen molar-refractivity contribution in [2.45, 2.75) is 12.8 Å². The number of amides is 1. The van der Waals surface area contributed by atoms with E-state index in [0.29, 0.717) is 25.9 Å². The number of hydrogen-bond acceptors (Lipinski definition) is 4. The van der Waals surface area contributed by atoms with Gasteiger partial charge in [0, 0.05) is 19.0 Å². The molecule has 1 fully saturated rings. The largest absolute Gasteiger partial charge is 0.442 e. The van der Waals surface area contributed by atoms with Gasteiger partial charge in [0.05, 0.1) is 6.20 Å². The molecule has 0 spiro atoms. The van der Waals surface area contributed by atoms with Gasteiger partial charge in [-0.2, -0.15) is 0 Å². The van der Waals surface area contributed by atoms with Gasteiger partial charge in [0.25, 0.3) is 5.89 Å². The molecular formula is C10H12N2O3. The van der Waals surface area contributed by atoms with Crippen LogP contribution in [0.5, 0.6) is 0 Å². The van der Waals surface area contributed by atoms with Crippen molar-refractivity contribution in [2.75, 3.05) is 13.1 Å². The monoisotopic (exact) mass is 208 g/mol. The Hall–Kier alpha value is -1.65.